The second kappa shape index (κ2) is 39.6. The Balaban J connectivity index is 4.32. The Morgan fingerprint density at radius 1 is 0.373 bits per heavy atom. The van der Waals surface area contributed by atoms with Crippen molar-refractivity contribution < 1.29 is 28.6 Å². The fourth-order valence-electron chi connectivity index (χ4n) is 6.63. The zero-order valence-electron chi connectivity index (χ0n) is 34.6. The highest BCUT2D eigenvalue weighted by molar-refractivity contribution is 5.71. The number of carbonyl (C=O) groups is 3. The van der Waals surface area contributed by atoms with Gasteiger partial charge in [0, 0.05) is 19.3 Å². The predicted molar refractivity (Wildman–Crippen MR) is 215 cm³/mol. The molecule has 0 heterocycles. The fraction of sp³-hybridized carbons (Fsp3) is 0.933. The van der Waals surface area contributed by atoms with Crippen LogP contribution in [0.4, 0.5) is 0 Å². The van der Waals surface area contributed by atoms with Crippen molar-refractivity contribution in [1.29, 1.82) is 0 Å². The van der Waals surface area contributed by atoms with Gasteiger partial charge in [0.25, 0.3) is 0 Å². The Morgan fingerprint density at radius 2 is 0.647 bits per heavy atom. The lowest BCUT2D eigenvalue weighted by Crippen LogP contribution is -2.30. The Labute approximate surface area is 317 Å². The third-order valence-electron chi connectivity index (χ3n) is 10.0. The minimum atomic E-state index is -0.758. The van der Waals surface area contributed by atoms with Crippen LogP contribution in [0.3, 0.4) is 0 Å². The Hall–Kier alpha value is -1.59. The third kappa shape index (κ3) is 39.5. The van der Waals surface area contributed by atoms with Crippen LogP contribution in [0.25, 0.3) is 0 Å². The van der Waals surface area contributed by atoms with E-state index in [2.05, 4.69) is 27.7 Å². The van der Waals surface area contributed by atoms with Gasteiger partial charge in [-0.05, 0) is 25.2 Å². The van der Waals surface area contributed by atoms with E-state index >= 15 is 0 Å². The molecular weight excluding hydrogens is 636 g/mol. The molecule has 0 radical (unpaired) electrons. The van der Waals surface area contributed by atoms with Crippen LogP contribution in [0, 0.1) is 5.92 Å². The molecule has 1 atom stereocenters. The van der Waals surface area contributed by atoms with Crippen molar-refractivity contribution in [3.63, 3.8) is 0 Å². The summed E-state index contributed by atoms with van der Waals surface area (Å²) in [6.45, 7) is 8.96. The number of hydrogen-bond acceptors (Lipinski definition) is 6. The Morgan fingerprint density at radius 3 is 0.961 bits per heavy atom. The number of unbranched alkanes of at least 4 members (excludes halogenated alkanes) is 27. The molecule has 0 spiro atoms. The molecule has 0 saturated carbocycles. The molecule has 0 aromatic rings. The van der Waals surface area contributed by atoms with E-state index in [1.165, 1.54) is 141 Å². The van der Waals surface area contributed by atoms with Gasteiger partial charge in [0.1, 0.15) is 13.2 Å². The molecule has 0 N–H and O–H groups in total. The highest BCUT2D eigenvalue weighted by Crippen LogP contribution is 2.16. The molecule has 6 heteroatoms. The molecule has 0 aliphatic heterocycles. The zero-order chi connectivity index (χ0) is 37.5. The van der Waals surface area contributed by atoms with E-state index in [1.807, 2.05) is 0 Å². The van der Waals surface area contributed by atoms with Gasteiger partial charge in [0.2, 0.25) is 0 Å². The predicted octanol–water partition coefficient (Wildman–Crippen LogP) is 13.9. The number of carbonyl (C=O) groups excluding carboxylic acids is 3. The summed E-state index contributed by atoms with van der Waals surface area (Å²) in [5, 5.41) is 0. The molecule has 0 rings (SSSR count). The first-order valence-electron chi connectivity index (χ1n) is 22.4. The maximum Gasteiger partial charge on any atom is 0.306 e. The Kier molecular flexibility index (Phi) is 38.4. The normalized spacial score (nSPS) is 11.9. The second-order valence-corrected chi connectivity index (χ2v) is 15.8. The van der Waals surface area contributed by atoms with Crippen LogP contribution in [0.1, 0.15) is 246 Å². The van der Waals surface area contributed by atoms with E-state index in [4.69, 9.17) is 14.2 Å². The summed E-state index contributed by atoms with van der Waals surface area (Å²) in [6, 6.07) is 0. The molecule has 0 aliphatic rings. The molecule has 6 nitrogen and oxygen atoms in total. The molecule has 302 valence electrons. The molecule has 0 fully saturated rings. The van der Waals surface area contributed by atoms with Crippen molar-refractivity contribution in [3.8, 4) is 0 Å². The average Bonchev–Trinajstić information content (AvgIpc) is 3.11. The number of hydrogen-bond donors (Lipinski definition) is 0. The first kappa shape index (κ1) is 49.4. The van der Waals surface area contributed by atoms with Crippen molar-refractivity contribution >= 4 is 17.9 Å². The van der Waals surface area contributed by atoms with E-state index in [1.54, 1.807) is 0 Å². The van der Waals surface area contributed by atoms with E-state index in [0.29, 0.717) is 19.3 Å². The summed E-state index contributed by atoms with van der Waals surface area (Å²) in [5.41, 5.74) is 0. The van der Waals surface area contributed by atoms with E-state index in [9.17, 15) is 14.4 Å². The lowest BCUT2D eigenvalue weighted by atomic mass is 10.0. The number of rotatable bonds is 40. The van der Waals surface area contributed by atoms with Gasteiger partial charge in [-0.15, -0.1) is 0 Å². The summed E-state index contributed by atoms with van der Waals surface area (Å²) in [4.78, 5) is 37.6. The molecule has 0 unspecified atom stereocenters. The summed E-state index contributed by atoms with van der Waals surface area (Å²) in [6.07, 6.45) is 38.0. The summed E-state index contributed by atoms with van der Waals surface area (Å²) in [5.74, 6) is -0.0421. The van der Waals surface area contributed by atoms with E-state index < -0.39 is 6.10 Å². The largest absolute Gasteiger partial charge is 0.462 e. The minimum absolute atomic E-state index is 0.0641. The van der Waals surface area contributed by atoms with Gasteiger partial charge in [0.15, 0.2) is 6.10 Å². The van der Waals surface area contributed by atoms with Gasteiger partial charge in [0.05, 0.1) is 0 Å². The highest BCUT2D eigenvalue weighted by atomic mass is 16.6. The van der Waals surface area contributed by atoms with Crippen LogP contribution in [0.2, 0.25) is 0 Å². The van der Waals surface area contributed by atoms with Crippen molar-refractivity contribution in [1.82, 2.24) is 0 Å². The minimum Gasteiger partial charge on any atom is -0.462 e. The summed E-state index contributed by atoms with van der Waals surface area (Å²) < 4.78 is 16.7. The molecule has 0 saturated heterocycles. The second-order valence-electron chi connectivity index (χ2n) is 15.8. The van der Waals surface area contributed by atoms with Gasteiger partial charge in [-0.1, -0.05) is 207 Å². The van der Waals surface area contributed by atoms with Crippen LogP contribution in [0.15, 0.2) is 0 Å². The molecule has 0 aromatic heterocycles. The summed E-state index contributed by atoms with van der Waals surface area (Å²) >= 11 is 0. The standard InChI is InChI=1S/C45H86O6/c1-5-7-9-11-13-15-16-21-25-29-33-37-44(47)50-40-42(39-49-43(46)36-32-28-24-19-14-12-10-8-6-2)51-45(48)38-34-30-26-22-18-17-20-23-27-31-35-41(3)4/h41-42H,5-40H2,1-4H3/t42-/m0/s1. The van der Waals surface area contributed by atoms with Gasteiger partial charge in [-0.25, -0.2) is 0 Å². The van der Waals surface area contributed by atoms with Gasteiger partial charge in [-0.2, -0.15) is 0 Å². The molecule has 0 aromatic carbocycles. The topological polar surface area (TPSA) is 78.9 Å². The molecule has 0 aliphatic carbocycles. The SMILES string of the molecule is CCCCCCCCCCCCCC(=O)OC[C@H](COC(=O)CCCCCCCCCCC)OC(=O)CCCCCCCCCCCCC(C)C. The number of esters is 3. The lowest BCUT2D eigenvalue weighted by Gasteiger charge is -2.18. The quantitative estimate of drug-likeness (QED) is 0.0356. The first-order valence-corrected chi connectivity index (χ1v) is 22.4. The number of ether oxygens (including phenoxy) is 3. The third-order valence-corrected chi connectivity index (χ3v) is 10.0. The molecule has 0 bridgehead atoms. The zero-order valence-corrected chi connectivity index (χ0v) is 34.6. The van der Waals surface area contributed by atoms with Crippen LogP contribution in [-0.4, -0.2) is 37.2 Å². The fourth-order valence-corrected chi connectivity index (χ4v) is 6.63. The monoisotopic (exact) mass is 723 g/mol. The van der Waals surface area contributed by atoms with Crippen molar-refractivity contribution in [2.75, 3.05) is 13.2 Å². The highest BCUT2D eigenvalue weighted by Gasteiger charge is 2.19. The van der Waals surface area contributed by atoms with Gasteiger partial charge < -0.3 is 14.2 Å². The van der Waals surface area contributed by atoms with E-state index in [0.717, 1.165) is 63.7 Å². The van der Waals surface area contributed by atoms with Crippen LogP contribution < -0.4 is 0 Å². The van der Waals surface area contributed by atoms with Crippen molar-refractivity contribution in [2.24, 2.45) is 5.92 Å². The van der Waals surface area contributed by atoms with Gasteiger partial charge >= 0.3 is 17.9 Å². The molecular formula is C45H86O6. The van der Waals surface area contributed by atoms with Crippen LogP contribution in [-0.2, 0) is 28.6 Å². The molecule has 0 amide bonds. The lowest BCUT2D eigenvalue weighted by molar-refractivity contribution is -0.167. The maximum atomic E-state index is 12.7. The van der Waals surface area contributed by atoms with Crippen LogP contribution in [0.5, 0.6) is 0 Å². The maximum absolute atomic E-state index is 12.7. The first-order chi connectivity index (χ1) is 24.9. The van der Waals surface area contributed by atoms with Crippen molar-refractivity contribution in [2.45, 2.75) is 252 Å². The summed E-state index contributed by atoms with van der Waals surface area (Å²) in [7, 11) is 0. The smallest absolute Gasteiger partial charge is 0.306 e. The van der Waals surface area contributed by atoms with Crippen LogP contribution >= 0.6 is 0 Å². The Bertz CT molecular complexity index is 766. The average molecular weight is 723 g/mol. The van der Waals surface area contributed by atoms with Crippen molar-refractivity contribution in [3.05, 3.63) is 0 Å². The van der Waals surface area contributed by atoms with E-state index in [-0.39, 0.29) is 31.1 Å². The molecule has 51 heavy (non-hydrogen) atoms. The van der Waals surface area contributed by atoms with Gasteiger partial charge in [-0.3, -0.25) is 14.4 Å².